The topological polar surface area (TPSA) is 25.2 Å². The lowest BCUT2D eigenvalue weighted by Crippen LogP contribution is -2.22. The summed E-state index contributed by atoms with van der Waals surface area (Å²) in [5.41, 5.74) is 1.99. The highest BCUT2D eigenvalue weighted by atomic mass is 32.2. The number of halogens is 1. The Kier molecular flexibility index (Phi) is 3.06. The minimum absolute atomic E-state index is 0.0780. The molecule has 0 spiro atoms. The predicted molar refractivity (Wildman–Crippen MR) is 73.7 cm³/mol. The van der Waals surface area contributed by atoms with Crippen LogP contribution in [0.4, 0.5) is 4.39 Å². The van der Waals surface area contributed by atoms with Crippen molar-refractivity contribution in [3.63, 3.8) is 0 Å². The zero-order chi connectivity index (χ0) is 13.4. The van der Waals surface area contributed by atoms with Crippen LogP contribution in [0, 0.1) is 5.82 Å². The number of amides is 1. The molecule has 1 amide bonds. The van der Waals surface area contributed by atoms with E-state index >= 15 is 0 Å². The number of nitrogens with zero attached hydrogens (tertiary/aromatic N) is 2. The molecule has 3 rings (SSSR count). The van der Waals surface area contributed by atoms with Crippen LogP contribution in [0.25, 0.3) is 5.69 Å². The summed E-state index contributed by atoms with van der Waals surface area (Å²) in [6, 6.07) is 8.34. The van der Waals surface area contributed by atoms with Crippen LogP contribution < -0.4 is 0 Å². The van der Waals surface area contributed by atoms with Crippen molar-refractivity contribution in [1.29, 1.82) is 0 Å². The second-order valence-electron chi connectivity index (χ2n) is 4.50. The van der Waals surface area contributed by atoms with Crippen molar-refractivity contribution in [2.75, 3.05) is 12.8 Å². The SMILES string of the molecule is CN1C(=O)CSC1c1ccn(-c2ccc(F)cc2)c1. The first-order chi connectivity index (χ1) is 9.15. The van der Waals surface area contributed by atoms with Crippen LogP contribution in [0.1, 0.15) is 10.9 Å². The maximum absolute atomic E-state index is 12.9. The monoisotopic (exact) mass is 276 g/mol. The van der Waals surface area contributed by atoms with E-state index in [1.165, 1.54) is 12.1 Å². The van der Waals surface area contributed by atoms with Crippen LogP contribution in [0.2, 0.25) is 0 Å². The van der Waals surface area contributed by atoms with Crippen LogP contribution in [0.3, 0.4) is 0 Å². The van der Waals surface area contributed by atoms with E-state index in [-0.39, 0.29) is 17.1 Å². The van der Waals surface area contributed by atoms with E-state index in [4.69, 9.17) is 0 Å². The Balaban J connectivity index is 1.87. The molecule has 1 aliphatic heterocycles. The summed E-state index contributed by atoms with van der Waals surface area (Å²) < 4.78 is 14.8. The quantitative estimate of drug-likeness (QED) is 0.842. The molecule has 0 bridgehead atoms. The first-order valence-electron chi connectivity index (χ1n) is 5.96. The number of thioether (sulfide) groups is 1. The van der Waals surface area contributed by atoms with Gasteiger partial charge in [-0.3, -0.25) is 4.79 Å². The van der Waals surface area contributed by atoms with E-state index in [2.05, 4.69) is 0 Å². The Morgan fingerprint density at radius 2 is 2.00 bits per heavy atom. The Hall–Kier alpha value is -1.75. The van der Waals surface area contributed by atoms with Gasteiger partial charge in [-0.25, -0.2) is 4.39 Å². The number of aromatic nitrogens is 1. The third kappa shape index (κ3) is 2.26. The normalized spacial score (nSPS) is 19.2. The minimum Gasteiger partial charge on any atom is -0.329 e. The van der Waals surface area contributed by atoms with Crippen molar-refractivity contribution < 1.29 is 9.18 Å². The van der Waals surface area contributed by atoms with Crippen molar-refractivity contribution in [2.24, 2.45) is 0 Å². The smallest absolute Gasteiger partial charge is 0.233 e. The highest BCUT2D eigenvalue weighted by molar-refractivity contribution is 8.00. The summed E-state index contributed by atoms with van der Waals surface area (Å²) in [7, 11) is 1.82. The predicted octanol–water partition coefficient (Wildman–Crippen LogP) is 2.82. The fourth-order valence-electron chi connectivity index (χ4n) is 2.15. The molecular weight excluding hydrogens is 263 g/mol. The summed E-state index contributed by atoms with van der Waals surface area (Å²) >= 11 is 1.63. The number of benzene rings is 1. The van der Waals surface area contributed by atoms with Crippen LogP contribution in [-0.4, -0.2) is 28.2 Å². The molecule has 5 heteroatoms. The highest BCUT2D eigenvalue weighted by Gasteiger charge is 2.30. The van der Waals surface area contributed by atoms with Gasteiger partial charge in [-0.05, 0) is 30.3 Å². The summed E-state index contributed by atoms with van der Waals surface area (Å²) in [4.78, 5) is 13.3. The lowest BCUT2D eigenvalue weighted by atomic mass is 10.3. The van der Waals surface area contributed by atoms with Crippen LogP contribution >= 0.6 is 11.8 Å². The first kappa shape index (κ1) is 12.3. The summed E-state index contributed by atoms with van der Waals surface area (Å²) in [6.07, 6.45) is 3.92. The zero-order valence-corrected chi connectivity index (χ0v) is 11.2. The lowest BCUT2D eigenvalue weighted by Gasteiger charge is -2.17. The number of rotatable bonds is 2. The summed E-state index contributed by atoms with van der Waals surface area (Å²) in [5, 5.41) is 0.0780. The third-order valence-electron chi connectivity index (χ3n) is 3.24. The fourth-order valence-corrected chi connectivity index (χ4v) is 3.32. The van der Waals surface area contributed by atoms with Gasteiger partial charge in [-0.15, -0.1) is 11.8 Å². The van der Waals surface area contributed by atoms with E-state index in [9.17, 15) is 9.18 Å². The first-order valence-corrected chi connectivity index (χ1v) is 7.01. The Bertz CT molecular complexity index is 608. The lowest BCUT2D eigenvalue weighted by molar-refractivity contribution is -0.126. The van der Waals surface area contributed by atoms with Gasteiger partial charge in [0.05, 0.1) is 5.75 Å². The maximum Gasteiger partial charge on any atom is 0.233 e. The van der Waals surface area contributed by atoms with Gasteiger partial charge >= 0.3 is 0 Å². The summed E-state index contributed by atoms with van der Waals surface area (Å²) in [6.45, 7) is 0. The van der Waals surface area contributed by atoms with Gasteiger partial charge < -0.3 is 9.47 Å². The van der Waals surface area contributed by atoms with Crippen molar-refractivity contribution in [3.05, 3.63) is 54.1 Å². The van der Waals surface area contributed by atoms with Crippen molar-refractivity contribution in [3.8, 4) is 5.69 Å². The van der Waals surface area contributed by atoms with Gasteiger partial charge in [0, 0.05) is 30.7 Å². The standard InChI is InChI=1S/C14H13FN2OS/c1-16-13(18)9-19-14(16)10-6-7-17(8-10)12-4-2-11(15)3-5-12/h2-8,14H,9H2,1H3. The van der Waals surface area contributed by atoms with Crippen LogP contribution in [-0.2, 0) is 4.79 Å². The van der Waals surface area contributed by atoms with E-state index < -0.39 is 0 Å². The molecule has 19 heavy (non-hydrogen) atoms. The Morgan fingerprint density at radius 1 is 1.26 bits per heavy atom. The Morgan fingerprint density at radius 3 is 2.63 bits per heavy atom. The largest absolute Gasteiger partial charge is 0.329 e. The van der Waals surface area contributed by atoms with E-state index in [1.54, 1.807) is 28.8 Å². The Labute approximate surface area is 115 Å². The average molecular weight is 276 g/mol. The van der Waals surface area contributed by atoms with Gasteiger partial charge in [0.25, 0.3) is 0 Å². The highest BCUT2D eigenvalue weighted by Crippen LogP contribution is 2.37. The van der Waals surface area contributed by atoms with Crippen LogP contribution in [0.15, 0.2) is 42.7 Å². The van der Waals surface area contributed by atoms with Crippen molar-refractivity contribution in [1.82, 2.24) is 9.47 Å². The molecule has 0 aliphatic carbocycles. The molecule has 1 atom stereocenters. The molecule has 1 aromatic carbocycles. The molecule has 1 saturated heterocycles. The maximum atomic E-state index is 12.9. The van der Waals surface area contributed by atoms with E-state index in [1.807, 2.05) is 30.1 Å². The molecule has 0 saturated carbocycles. The third-order valence-corrected chi connectivity index (χ3v) is 4.55. The van der Waals surface area contributed by atoms with Gasteiger partial charge in [-0.1, -0.05) is 0 Å². The second-order valence-corrected chi connectivity index (χ2v) is 5.57. The van der Waals surface area contributed by atoms with Crippen LogP contribution in [0.5, 0.6) is 0 Å². The average Bonchev–Trinajstić information content (AvgIpc) is 2.99. The molecule has 1 unspecified atom stereocenters. The molecule has 2 heterocycles. The zero-order valence-electron chi connectivity index (χ0n) is 10.4. The molecule has 1 aromatic heterocycles. The molecule has 1 aliphatic rings. The van der Waals surface area contributed by atoms with Gasteiger partial charge in [0.15, 0.2) is 0 Å². The molecule has 0 N–H and O–H groups in total. The number of hydrogen-bond donors (Lipinski definition) is 0. The number of carbonyl (C=O) groups excluding carboxylic acids is 1. The van der Waals surface area contributed by atoms with Gasteiger partial charge in [0.1, 0.15) is 11.2 Å². The molecule has 3 nitrogen and oxygen atoms in total. The van der Waals surface area contributed by atoms with E-state index in [0.29, 0.717) is 5.75 Å². The van der Waals surface area contributed by atoms with Crippen molar-refractivity contribution in [2.45, 2.75) is 5.37 Å². The molecule has 0 radical (unpaired) electrons. The molecule has 98 valence electrons. The molecule has 2 aromatic rings. The van der Waals surface area contributed by atoms with E-state index in [0.717, 1.165) is 11.3 Å². The number of carbonyl (C=O) groups is 1. The number of hydrogen-bond acceptors (Lipinski definition) is 2. The fraction of sp³-hybridized carbons (Fsp3) is 0.214. The van der Waals surface area contributed by atoms with Gasteiger partial charge in [0.2, 0.25) is 5.91 Å². The summed E-state index contributed by atoms with van der Waals surface area (Å²) in [5.74, 6) is 0.445. The molecular formula is C14H13FN2OS. The second kappa shape index (κ2) is 4.74. The van der Waals surface area contributed by atoms with Gasteiger partial charge in [-0.2, -0.15) is 0 Å². The van der Waals surface area contributed by atoms with Crippen molar-refractivity contribution >= 4 is 17.7 Å². The minimum atomic E-state index is -0.243. The molecule has 1 fully saturated rings.